The lowest BCUT2D eigenvalue weighted by Gasteiger charge is -2.40. The summed E-state index contributed by atoms with van der Waals surface area (Å²) in [4.78, 5) is 16.0. The zero-order chi connectivity index (χ0) is 12.2. The van der Waals surface area contributed by atoms with E-state index in [4.69, 9.17) is 0 Å². The van der Waals surface area contributed by atoms with Gasteiger partial charge in [0.2, 0.25) is 0 Å². The molecule has 1 saturated heterocycles. The van der Waals surface area contributed by atoms with E-state index in [-0.39, 0.29) is 6.03 Å². The second kappa shape index (κ2) is 5.55. The zero-order valence-corrected chi connectivity index (χ0v) is 11.3. The summed E-state index contributed by atoms with van der Waals surface area (Å²) < 4.78 is 0. The number of hydrogen-bond acceptors (Lipinski definition) is 1. The van der Waals surface area contributed by atoms with Gasteiger partial charge in [-0.05, 0) is 32.1 Å². The summed E-state index contributed by atoms with van der Waals surface area (Å²) in [6, 6.07) is 0.225. The van der Waals surface area contributed by atoms with Gasteiger partial charge in [0.05, 0.1) is 0 Å². The van der Waals surface area contributed by atoms with Crippen molar-refractivity contribution in [3.63, 3.8) is 0 Å². The van der Waals surface area contributed by atoms with E-state index in [9.17, 15) is 4.79 Å². The molecule has 0 radical (unpaired) electrons. The van der Waals surface area contributed by atoms with E-state index in [1.807, 2.05) is 23.6 Å². The molecule has 1 rings (SSSR count). The van der Waals surface area contributed by atoms with Gasteiger partial charge in [0.25, 0.3) is 0 Å². The van der Waals surface area contributed by atoms with Crippen molar-refractivity contribution in [2.75, 3.05) is 26.2 Å². The number of urea groups is 1. The first-order valence-electron chi connectivity index (χ1n) is 6.60. The molecule has 94 valence electrons. The van der Waals surface area contributed by atoms with Gasteiger partial charge < -0.3 is 9.80 Å². The van der Waals surface area contributed by atoms with Crippen molar-refractivity contribution in [1.82, 2.24) is 9.80 Å². The Labute approximate surface area is 99.8 Å². The highest BCUT2D eigenvalue weighted by molar-refractivity contribution is 5.74. The molecule has 0 atom stereocenters. The molecule has 0 spiro atoms. The molecule has 2 amide bonds. The SMILES string of the molecule is CCN(CC)C(=O)N1CCC(C)(CC)CC1. The number of piperidine rings is 1. The van der Waals surface area contributed by atoms with Crippen LogP contribution in [0.5, 0.6) is 0 Å². The van der Waals surface area contributed by atoms with Crippen molar-refractivity contribution in [1.29, 1.82) is 0 Å². The molecule has 0 saturated carbocycles. The quantitative estimate of drug-likeness (QED) is 0.725. The summed E-state index contributed by atoms with van der Waals surface area (Å²) in [5, 5.41) is 0. The van der Waals surface area contributed by atoms with Crippen LogP contribution in [0.25, 0.3) is 0 Å². The highest BCUT2D eigenvalue weighted by Gasteiger charge is 2.31. The lowest BCUT2D eigenvalue weighted by Crippen LogP contribution is -2.48. The Morgan fingerprint density at radius 1 is 1.19 bits per heavy atom. The average molecular weight is 226 g/mol. The molecule has 3 nitrogen and oxygen atoms in total. The van der Waals surface area contributed by atoms with Crippen molar-refractivity contribution in [2.45, 2.75) is 47.0 Å². The summed E-state index contributed by atoms with van der Waals surface area (Å²) in [7, 11) is 0. The maximum atomic E-state index is 12.1. The van der Waals surface area contributed by atoms with Gasteiger partial charge in [0.15, 0.2) is 0 Å². The lowest BCUT2D eigenvalue weighted by molar-refractivity contribution is 0.105. The molecule has 0 aromatic rings. The van der Waals surface area contributed by atoms with Crippen LogP contribution >= 0.6 is 0 Å². The summed E-state index contributed by atoms with van der Waals surface area (Å²) in [5.41, 5.74) is 0.458. The minimum absolute atomic E-state index is 0.225. The molecular weight excluding hydrogens is 200 g/mol. The van der Waals surface area contributed by atoms with Gasteiger partial charge in [-0.15, -0.1) is 0 Å². The third-order valence-corrected chi connectivity index (χ3v) is 4.13. The summed E-state index contributed by atoms with van der Waals surface area (Å²) in [5.74, 6) is 0. The maximum Gasteiger partial charge on any atom is 0.319 e. The Hall–Kier alpha value is -0.730. The van der Waals surface area contributed by atoms with Crippen LogP contribution in [0.2, 0.25) is 0 Å². The molecule has 1 aliphatic rings. The summed E-state index contributed by atoms with van der Waals surface area (Å²) >= 11 is 0. The van der Waals surface area contributed by atoms with E-state index in [0.29, 0.717) is 5.41 Å². The van der Waals surface area contributed by atoms with Crippen LogP contribution < -0.4 is 0 Å². The van der Waals surface area contributed by atoms with Gasteiger partial charge in [-0.1, -0.05) is 20.3 Å². The number of carbonyl (C=O) groups excluding carboxylic acids is 1. The lowest BCUT2D eigenvalue weighted by atomic mass is 9.78. The first-order chi connectivity index (χ1) is 7.56. The number of nitrogens with zero attached hydrogens (tertiary/aromatic N) is 2. The van der Waals surface area contributed by atoms with Crippen LogP contribution in [0.4, 0.5) is 4.79 Å². The van der Waals surface area contributed by atoms with Gasteiger partial charge in [-0.2, -0.15) is 0 Å². The maximum absolute atomic E-state index is 12.1. The monoisotopic (exact) mass is 226 g/mol. The standard InChI is InChI=1S/C13H26N2O/c1-5-13(4)8-10-15(11-9-13)12(16)14(6-2)7-3/h5-11H2,1-4H3. The van der Waals surface area contributed by atoms with Crippen molar-refractivity contribution < 1.29 is 4.79 Å². The molecule has 0 N–H and O–H groups in total. The average Bonchev–Trinajstić information content (AvgIpc) is 2.31. The first-order valence-corrected chi connectivity index (χ1v) is 6.60. The number of amides is 2. The highest BCUT2D eigenvalue weighted by Crippen LogP contribution is 2.34. The molecule has 1 aliphatic heterocycles. The highest BCUT2D eigenvalue weighted by atomic mass is 16.2. The fourth-order valence-corrected chi connectivity index (χ4v) is 2.29. The smallest absolute Gasteiger partial charge is 0.319 e. The molecule has 3 heteroatoms. The van der Waals surface area contributed by atoms with Gasteiger partial charge in [-0.25, -0.2) is 4.79 Å². The zero-order valence-electron chi connectivity index (χ0n) is 11.3. The van der Waals surface area contributed by atoms with Crippen LogP contribution in [0.15, 0.2) is 0 Å². The Balaban J connectivity index is 2.50. The van der Waals surface area contributed by atoms with E-state index < -0.39 is 0 Å². The topological polar surface area (TPSA) is 23.6 Å². The molecule has 1 heterocycles. The molecule has 16 heavy (non-hydrogen) atoms. The van der Waals surface area contributed by atoms with E-state index in [2.05, 4.69) is 13.8 Å². The van der Waals surface area contributed by atoms with Crippen molar-refractivity contribution in [3.05, 3.63) is 0 Å². The largest absolute Gasteiger partial charge is 0.325 e. The number of carbonyl (C=O) groups is 1. The predicted octanol–water partition coefficient (Wildman–Crippen LogP) is 2.96. The van der Waals surface area contributed by atoms with Gasteiger partial charge >= 0.3 is 6.03 Å². The molecule has 0 aromatic carbocycles. The third kappa shape index (κ3) is 2.89. The van der Waals surface area contributed by atoms with E-state index >= 15 is 0 Å². The van der Waals surface area contributed by atoms with E-state index in [1.165, 1.54) is 6.42 Å². The Kier molecular flexibility index (Phi) is 4.63. The fraction of sp³-hybridized carbons (Fsp3) is 0.923. The molecule has 0 bridgehead atoms. The van der Waals surface area contributed by atoms with Gasteiger partial charge in [0.1, 0.15) is 0 Å². The van der Waals surface area contributed by atoms with Crippen LogP contribution in [0.3, 0.4) is 0 Å². The molecular formula is C13H26N2O. The molecule has 0 aromatic heterocycles. The van der Waals surface area contributed by atoms with E-state index in [1.54, 1.807) is 0 Å². The Morgan fingerprint density at radius 2 is 1.69 bits per heavy atom. The van der Waals surface area contributed by atoms with Crippen LogP contribution in [0.1, 0.15) is 47.0 Å². The van der Waals surface area contributed by atoms with Crippen molar-refractivity contribution in [2.24, 2.45) is 5.41 Å². The van der Waals surface area contributed by atoms with Gasteiger partial charge in [0, 0.05) is 26.2 Å². The Bertz CT molecular complexity index is 228. The van der Waals surface area contributed by atoms with Crippen LogP contribution in [-0.2, 0) is 0 Å². The van der Waals surface area contributed by atoms with Crippen molar-refractivity contribution in [3.8, 4) is 0 Å². The van der Waals surface area contributed by atoms with Gasteiger partial charge in [-0.3, -0.25) is 0 Å². The number of hydrogen-bond donors (Lipinski definition) is 0. The fourth-order valence-electron chi connectivity index (χ4n) is 2.29. The molecule has 0 aliphatic carbocycles. The van der Waals surface area contributed by atoms with Crippen molar-refractivity contribution >= 4 is 6.03 Å². The molecule has 1 fully saturated rings. The van der Waals surface area contributed by atoms with E-state index in [0.717, 1.165) is 39.0 Å². The van der Waals surface area contributed by atoms with Crippen LogP contribution in [0, 0.1) is 5.41 Å². The van der Waals surface area contributed by atoms with Crippen LogP contribution in [-0.4, -0.2) is 42.0 Å². The normalized spacial score (nSPS) is 19.6. The second-order valence-electron chi connectivity index (χ2n) is 5.11. The number of rotatable bonds is 3. The second-order valence-corrected chi connectivity index (χ2v) is 5.11. The summed E-state index contributed by atoms with van der Waals surface area (Å²) in [6.07, 6.45) is 3.52. The first kappa shape index (κ1) is 13.3. The number of likely N-dealkylation sites (tertiary alicyclic amines) is 1. The minimum Gasteiger partial charge on any atom is -0.325 e. The third-order valence-electron chi connectivity index (χ3n) is 4.13. The minimum atomic E-state index is 0.225. The Morgan fingerprint density at radius 3 is 2.06 bits per heavy atom. The summed E-state index contributed by atoms with van der Waals surface area (Å²) in [6.45, 7) is 12.2. The molecule has 0 unspecified atom stereocenters. The predicted molar refractivity (Wildman–Crippen MR) is 67.5 cm³/mol.